The number of methoxy groups -OCH3 is 1. The molecule has 0 radical (unpaired) electrons. The van der Waals surface area contributed by atoms with Crippen molar-refractivity contribution in [3.05, 3.63) is 50.7 Å². The maximum Gasteiger partial charge on any atom is 0.340 e. The number of rotatable bonds is 4. The minimum absolute atomic E-state index is 0.277. The summed E-state index contributed by atoms with van der Waals surface area (Å²) in [6.07, 6.45) is 0.793. The summed E-state index contributed by atoms with van der Waals surface area (Å²) in [5.41, 5.74) is 0.263. The molecule has 0 atom stereocenters. The van der Waals surface area contributed by atoms with E-state index in [9.17, 15) is 18.4 Å². The van der Waals surface area contributed by atoms with E-state index in [1.165, 1.54) is 11.3 Å². The zero-order valence-corrected chi connectivity index (χ0v) is 13.6. The van der Waals surface area contributed by atoms with Crippen molar-refractivity contribution in [1.82, 2.24) is 0 Å². The molecule has 2 rings (SSSR count). The van der Waals surface area contributed by atoms with E-state index in [2.05, 4.69) is 10.1 Å². The zero-order valence-electron chi connectivity index (χ0n) is 12.8. The lowest BCUT2D eigenvalue weighted by Crippen LogP contribution is -2.13. The van der Waals surface area contributed by atoms with Crippen LogP contribution in [-0.4, -0.2) is 19.0 Å². The topological polar surface area (TPSA) is 55.4 Å². The number of carbonyl (C=O) groups excluding carboxylic acids is 2. The van der Waals surface area contributed by atoms with Gasteiger partial charge in [-0.2, -0.15) is 0 Å². The van der Waals surface area contributed by atoms with Crippen LogP contribution in [0.2, 0.25) is 0 Å². The minimum Gasteiger partial charge on any atom is -0.465 e. The Kier molecular flexibility index (Phi) is 5.10. The van der Waals surface area contributed by atoms with Crippen LogP contribution in [0.5, 0.6) is 0 Å². The fourth-order valence-electron chi connectivity index (χ4n) is 2.08. The SMILES string of the molecule is CCc1sc(C(=O)Nc2cc(C(=O)OC)c(F)cc2F)cc1C. The Morgan fingerprint density at radius 1 is 1.22 bits per heavy atom. The Bertz CT molecular complexity index is 771. The van der Waals surface area contributed by atoms with Gasteiger partial charge in [-0.3, -0.25) is 4.79 Å². The minimum atomic E-state index is -1.05. The molecule has 0 bridgehead atoms. The molecule has 23 heavy (non-hydrogen) atoms. The molecule has 0 spiro atoms. The molecule has 0 unspecified atom stereocenters. The Hall–Kier alpha value is -2.28. The third-order valence-electron chi connectivity index (χ3n) is 3.28. The smallest absolute Gasteiger partial charge is 0.340 e. The molecule has 0 saturated heterocycles. The Morgan fingerprint density at radius 2 is 1.91 bits per heavy atom. The van der Waals surface area contributed by atoms with E-state index in [1.54, 1.807) is 6.07 Å². The van der Waals surface area contributed by atoms with Crippen LogP contribution in [0, 0.1) is 18.6 Å². The molecule has 122 valence electrons. The first kappa shape index (κ1) is 17.1. The summed E-state index contributed by atoms with van der Waals surface area (Å²) in [4.78, 5) is 25.1. The summed E-state index contributed by atoms with van der Waals surface area (Å²) >= 11 is 1.31. The van der Waals surface area contributed by atoms with Gasteiger partial charge in [0.05, 0.1) is 23.2 Å². The van der Waals surface area contributed by atoms with Crippen LogP contribution in [0.15, 0.2) is 18.2 Å². The average Bonchev–Trinajstić information content (AvgIpc) is 2.90. The molecule has 1 heterocycles. The normalized spacial score (nSPS) is 10.5. The van der Waals surface area contributed by atoms with Crippen molar-refractivity contribution in [2.75, 3.05) is 12.4 Å². The molecule has 0 aliphatic carbocycles. The lowest BCUT2D eigenvalue weighted by atomic mass is 10.1. The monoisotopic (exact) mass is 339 g/mol. The molecule has 0 fully saturated rings. The van der Waals surface area contributed by atoms with Crippen molar-refractivity contribution in [3.63, 3.8) is 0 Å². The Balaban J connectivity index is 2.31. The lowest BCUT2D eigenvalue weighted by molar-refractivity contribution is 0.0595. The standard InChI is InChI=1S/C16H15F2NO3S/c1-4-13-8(2)5-14(23-13)15(20)19-12-6-9(16(21)22-3)10(17)7-11(12)18/h5-7H,4H2,1-3H3,(H,19,20). The van der Waals surface area contributed by atoms with Crippen molar-refractivity contribution >= 4 is 28.9 Å². The molecule has 0 aliphatic rings. The van der Waals surface area contributed by atoms with Crippen molar-refractivity contribution in [2.45, 2.75) is 20.3 Å². The number of carbonyl (C=O) groups is 2. The van der Waals surface area contributed by atoms with Crippen LogP contribution < -0.4 is 5.32 Å². The van der Waals surface area contributed by atoms with Crippen LogP contribution >= 0.6 is 11.3 Å². The predicted octanol–water partition coefficient (Wildman–Crippen LogP) is 3.94. The largest absolute Gasteiger partial charge is 0.465 e. The summed E-state index contributed by atoms with van der Waals surface area (Å²) in [6.45, 7) is 3.86. The van der Waals surface area contributed by atoms with E-state index in [4.69, 9.17) is 0 Å². The first-order chi connectivity index (χ1) is 10.9. The fourth-order valence-corrected chi connectivity index (χ4v) is 3.09. The molecule has 0 saturated carbocycles. The Labute approximate surface area is 136 Å². The van der Waals surface area contributed by atoms with Gasteiger partial charge in [0.1, 0.15) is 11.6 Å². The number of esters is 1. The maximum atomic E-state index is 13.8. The maximum absolute atomic E-state index is 13.8. The van der Waals surface area contributed by atoms with Crippen LogP contribution in [0.25, 0.3) is 0 Å². The van der Waals surface area contributed by atoms with Gasteiger partial charge >= 0.3 is 5.97 Å². The third kappa shape index (κ3) is 3.56. The van der Waals surface area contributed by atoms with Crippen molar-refractivity contribution in [2.24, 2.45) is 0 Å². The highest BCUT2D eigenvalue weighted by molar-refractivity contribution is 7.14. The van der Waals surface area contributed by atoms with Crippen molar-refractivity contribution in [1.29, 1.82) is 0 Å². The predicted molar refractivity (Wildman–Crippen MR) is 84.1 cm³/mol. The second-order valence-corrected chi connectivity index (χ2v) is 5.96. The quantitative estimate of drug-likeness (QED) is 0.859. The number of amides is 1. The van der Waals surface area contributed by atoms with Crippen LogP contribution in [0.1, 0.15) is 37.4 Å². The highest BCUT2D eigenvalue weighted by Crippen LogP contribution is 2.25. The molecule has 1 aromatic carbocycles. The summed E-state index contributed by atoms with van der Waals surface area (Å²) in [5, 5.41) is 2.36. The second kappa shape index (κ2) is 6.87. The number of aryl methyl sites for hydroxylation is 2. The lowest BCUT2D eigenvalue weighted by Gasteiger charge is -2.08. The average molecular weight is 339 g/mol. The zero-order chi connectivity index (χ0) is 17.1. The number of hydrogen-bond acceptors (Lipinski definition) is 4. The molecule has 4 nitrogen and oxygen atoms in total. The number of thiophene rings is 1. The van der Waals surface area contributed by atoms with Gasteiger partial charge in [-0.15, -0.1) is 11.3 Å². The molecule has 2 aromatic rings. The second-order valence-electron chi connectivity index (χ2n) is 4.83. The molecular weight excluding hydrogens is 324 g/mol. The highest BCUT2D eigenvalue weighted by Gasteiger charge is 2.19. The number of nitrogens with one attached hydrogen (secondary N) is 1. The van der Waals surface area contributed by atoms with Gasteiger partial charge in [-0.05, 0) is 31.0 Å². The van der Waals surface area contributed by atoms with E-state index < -0.39 is 29.1 Å². The molecule has 0 aliphatic heterocycles. The fraction of sp³-hybridized carbons (Fsp3) is 0.250. The van der Waals surface area contributed by atoms with Gasteiger partial charge in [-0.25, -0.2) is 13.6 Å². The van der Waals surface area contributed by atoms with E-state index in [0.29, 0.717) is 10.9 Å². The van der Waals surface area contributed by atoms with E-state index >= 15 is 0 Å². The van der Waals surface area contributed by atoms with Crippen molar-refractivity contribution < 1.29 is 23.1 Å². The summed E-state index contributed by atoms with van der Waals surface area (Å²) in [5.74, 6) is -3.47. The first-order valence-corrected chi connectivity index (χ1v) is 7.67. The van der Waals surface area contributed by atoms with Crippen LogP contribution in [-0.2, 0) is 11.2 Å². The van der Waals surface area contributed by atoms with Gasteiger partial charge in [0.2, 0.25) is 0 Å². The molecule has 1 N–H and O–H groups in total. The number of benzene rings is 1. The van der Waals surface area contributed by atoms with Gasteiger partial charge in [0, 0.05) is 10.9 Å². The highest BCUT2D eigenvalue weighted by atomic mass is 32.1. The van der Waals surface area contributed by atoms with Gasteiger partial charge in [-0.1, -0.05) is 6.92 Å². The first-order valence-electron chi connectivity index (χ1n) is 6.85. The summed E-state index contributed by atoms with van der Waals surface area (Å²) < 4.78 is 31.8. The number of hydrogen-bond donors (Lipinski definition) is 1. The summed E-state index contributed by atoms with van der Waals surface area (Å²) in [6, 6.07) is 3.18. The molecule has 7 heteroatoms. The molecular formula is C16H15F2NO3S. The van der Waals surface area contributed by atoms with Crippen LogP contribution in [0.3, 0.4) is 0 Å². The van der Waals surface area contributed by atoms with Gasteiger partial charge in [0.15, 0.2) is 0 Å². The summed E-state index contributed by atoms with van der Waals surface area (Å²) in [7, 11) is 1.09. The van der Waals surface area contributed by atoms with E-state index in [0.717, 1.165) is 30.0 Å². The molecule has 1 amide bonds. The third-order valence-corrected chi connectivity index (χ3v) is 4.66. The number of anilines is 1. The van der Waals surface area contributed by atoms with E-state index in [1.807, 2.05) is 13.8 Å². The van der Waals surface area contributed by atoms with Crippen molar-refractivity contribution in [3.8, 4) is 0 Å². The Morgan fingerprint density at radius 3 is 2.48 bits per heavy atom. The number of ether oxygens (including phenoxy) is 1. The van der Waals surface area contributed by atoms with Crippen LogP contribution in [0.4, 0.5) is 14.5 Å². The van der Waals surface area contributed by atoms with Gasteiger partial charge < -0.3 is 10.1 Å². The van der Waals surface area contributed by atoms with E-state index in [-0.39, 0.29) is 5.69 Å². The number of halogens is 2. The molecule has 1 aromatic heterocycles. The van der Waals surface area contributed by atoms with Gasteiger partial charge in [0.25, 0.3) is 5.91 Å².